The SMILES string of the molecule is CN(C)c1ccc(NC(=O)c2cn(C)nn2)cc1. The molecule has 0 saturated carbocycles. The molecule has 0 fully saturated rings. The van der Waals surface area contributed by atoms with Crippen molar-refractivity contribution in [2.24, 2.45) is 7.05 Å². The number of aryl methyl sites for hydroxylation is 1. The lowest BCUT2D eigenvalue weighted by Crippen LogP contribution is -2.13. The number of aromatic nitrogens is 3. The van der Waals surface area contributed by atoms with E-state index >= 15 is 0 Å². The van der Waals surface area contributed by atoms with Gasteiger partial charge >= 0.3 is 0 Å². The van der Waals surface area contributed by atoms with Crippen LogP contribution in [0.5, 0.6) is 0 Å². The minimum atomic E-state index is -0.263. The van der Waals surface area contributed by atoms with E-state index in [0.29, 0.717) is 5.69 Å². The van der Waals surface area contributed by atoms with E-state index in [0.717, 1.165) is 11.4 Å². The molecule has 6 heteroatoms. The van der Waals surface area contributed by atoms with Gasteiger partial charge in [-0.1, -0.05) is 5.21 Å². The van der Waals surface area contributed by atoms with Crippen LogP contribution in [0.4, 0.5) is 11.4 Å². The molecule has 1 N–H and O–H groups in total. The van der Waals surface area contributed by atoms with Crippen LogP contribution < -0.4 is 10.2 Å². The van der Waals surface area contributed by atoms with E-state index < -0.39 is 0 Å². The summed E-state index contributed by atoms with van der Waals surface area (Å²) < 4.78 is 1.49. The van der Waals surface area contributed by atoms with Gasteiger partial charge in [0.1, 0.15) is 0 Å². The number of benzene rings is 1. The largest absolute Gasteiger partial charge is 0.378 e. The molecule has 94 valence electrons. The van der Waals surface area contributed by atoms with Gasteiger partial charge in [0.25, 0.3) is 5.91 Å². The Labute approximate surface area is 105 Å². The molecule has 0 aliphatic carbocycles. The fourth-order valence-electron chi connectivity index (χ4n) is 1.49. The molecule has 0 saturated heterocycles. The zero-order chi connectivity index (χ0) is 13.1. The molecule has 1 aromatic carbocycles. The Balaban J connectivity index is 2.07. The van der Waals surface area contributed by atoms with Crippen molar-refractivity contribution >= 4 is 17.3 Å². The van der Waals surface area contributed by atoms with Crippen molar-refractivity contribution < 1.29 is 4.79 Å². The molecule has 6 nitrogen and oxygen atoms in total. The van der Waals surface area contributed by atoms with E-state index in [1.165, 1.54) is 4.68 Å². The van der Waals surface area contributed by atoms with E-state index in [1.54, 1.807) is 13.2 Å². The smallest absolute Gasteiger partial charge is 0.277 e. The highest BCUT2D eigenvalue weighted by molar-refractivity contribution is 6.02. The summed E-state index contributed by atoms with van der Waals surface area (Å²) >= 11 is 0. The number of rotatable bonds is 3. The Hall–Kier alpha value is -2.37. The highest BCUT2D eigenvalue weighted by atomic mass is 16.2. The molecule has 0 radical (unpaired) electrons. The number of hydrogen-bond donors (Lipinski definition) is 1. The van der Waals surface area contributed by atoms with Gasteiger partial charge < -0.3 is 10.2 Å². The van der Waals surface area contributed by atoms with Gasteiger partial charge in [-0.2, -0.15) is 0 Å². The molecule has 1 heterocycles. The van der Waals surface area contributed by atoms with E-state index in [4.69, 9.17) is 0 Å². The van der Waals surface area contributed by atoms with Crippen LogP contribution in [0, 0.1) is 0 Å². The second-order valence-electron chi connectivity index (χ2n) is 4.17. The van der Waals surface area contributed by atoms with Gasteiger partial charge in [0.05, 0.1) is 6.20 Å². The lowest BCUT2D eigenvalue weighted by atomic mass is 10.2. The maximum atomic E-state index is 11.8. The van der Waals surface area contributed by atoms with Crippen molar-refractivity contribution in [2.75, 3.05) is 24.3 Å². The number of carbonyl (C=O) groups excluding carboxylic acids is 1. The Morgan fingerprint density at radius 3 is 2.44 bits per heavy atom. The maximum absolute atomic E-state index is 11.8. The fraction of sp³-hybridized carbons (Fsp3) is 0.250. The van der Waals surface area contributed by atoms with Crippen LogP contribution in [0.2, 0.25) is 0 Å². The number of nitrogens with one attached hydrogen (secondary N) is 1. The fourth-order valence-corrected chi connectivity index (χ4v) is 1.49. The highest BCUT2D eigenvalue weighted by Gasteiger charge is 2.09. The van der Waals surface area contributed by atoms with Crippen molar-refractivity contribution in [3.63, 3.8) is 0 Å². The van der Waals surface area contributed by atoms with Crippen molar-refractivity contribution in [2.45, 2.75) is 0 Å². The monoisotopic (exact) mass is 245 g/mol. The predicted molar refractivity (Wildman–Crippen MR) is 69.7 cm³/mol. The molecular weight excluding hydrogens is 230 g/mol. The Morgan fingerprint density at radius 2 is 1.94 bits per heavy atom. The van der Waals surface area contributed by atoms with Gasteiger partial charge in [0.15, 0.2) is 5.69 Å². The van der Waals surface area contributed by atoms with Crippen molar-refractivity contribution in [1.82, 2.24) is 15.0 Å². The summed E-state index contributed by atoms with van der Waals surface area (Å²) in [6.45, 7) is 0. The van der Waals surface area contributed by atoms with E-state index in [2.05, 4.69) is 15.6 Å². The molecule has 0 aliphatic rings. The van der Waals surface area contributed by atoms with E-state index in [-0.39, 0.29) is 5.91 Å². The summed E-state index contributed by atoms with van der Waals surface area (Å²) in [5.74, 6) is -0.263. The van der Waals surface area contributed by atoms with Crippen LogP contribution in [0.25, 0.3) is 0 Å². The summed E-state index contributed by atoms with van der Waals surface area (Å²) in [6, 6.07) is 7.58. The van der Waals surface area contributed by atoms with Crippen molar-refractivity contribution in [3.05, 3.63) is 36.2 Å². The average molecular weight is 245 g/mol. The summed E-state index contributed by atoms with van der Waals surface area (Å²) in [5, 5.41) is 10.2. The minimum absolute atomic E-state index is 0.263. The number of carbonyl (C=O) groups is 1. The molecule has 0 unspecified atom stereocenters. The van der Waals surface area contributed by atoms with Gasteiger partial charge in [-0.15, -0.1) is 5.10 Å². The van der Waals surface area contributed by atoms with Gasteiger partial charge in [0.2, 0.25) is 0 Å². The summed E-state index contributed by atoms with van der Waals surface area (Å²) in [4.78, 5) is 13.8. The lowest BCUT2D eigenvalue weighted by Gasteiger charge is -2.12. The van der Waals surface area contributed by atoms with Crippen molar-refractivity contribution in [1.29, 1.82) is 0 Å². The predicted octanol–water partition coefficient (Wildman–Crippen LogP) is 1.13. The van der Waals surface area contributed by atoms with Gasteiger partial charge in [-0.3, -0.25) is 9.48 Å². The Kier molecular flexibility index (Phi) is 3.27. The standard InChI is InChI=1S/C12H15N5O/c1-16(2)10-6-4-9(5-7-10)13-12(18)11-8-17(3)15-14-11/h4-8H,1-3H3,(H,13,18). The normalized spacial score (nSPS) is 10.2. The van der Waals surface area contributed by atoms with Crippen LogP contribution in [-0.2, 0) is 7.05 Å². The Morgan fingerprint density at radius 1 is 1.28 bits per heavy atom. The van der Waals surface area contributed by atoms with Crippen LogP contribution in [-0.4, -0.2) is 35.0 Å². The lowest BCUT2D eigenvalue weighted by molar-refractivity contribution is 0.102. The molecule has 0 spiro atoms. The van der Waals surface area contributed by atoms with Gasteiger partial charge in [-0.05, 0) is 24.3 Å². The van der Waals surface area contributed by atoms with Gasteiger partial charge in [0, 0.05) is 32.5 Å². The zero-order valence-corrected chi connectivity index (χ0v) is 10.6. The minimum Gasteiger partial charge on any atom is -0.378 e. The molecule has 0 atom stereocenters. The first-order chi connectivity index (χ1) is 8.56. The summed E-state index contributed by atoms with van der Waals surface area (Å²) in [6.07, 6.45) is 1.57. The summed E-state index contributed by atoms with van der Waals surface area (Å²) in [7, 11) is 5.65. The van der Waals surface area contributed by atoms with E-state index in [1.807, 2.05) is 43.3 Å². The number of amides is 1. The first kappa shape index (κ1) is 12.1. The highest BCUT2D eigenvalue weighted by Crippen LogP contribution is 2.16. The van der Waals surface area contributed by atoms with Crippen molar-refractivity contribution in [3.8, 4) is 0 Å². The Bertz CT molecular complexity index is 544. The third-order valence-electron chi connectivity index (χ3n) is 2.48. The number of anilines is 2. The summed E-state index contributed by atoms with van der Waals surface area (Å²) in [5.41, 5.74) is 2.11. The average Bonchev–Trinajstić information content (AvgIpc) is 2.76. The number of nitrogens with zero attached hydrogens (tertiary/aromatic N) is 4. The molecule has 1 amide bonds. The molecule has 2 aromatic rings. The third-order valence-corrected chi connectivity index (χ3v) is 2.48. The molecule has 18 heavy (non-hydrogen) atoms. The maximum Gasteiger partial charge on any atom is 0.277 e. The van der Waals surface area contributed by atoms with E-state index in [9.17, 15) is 4.79 Å². The van der Waals surface area contributed by atoms with Crippen LogP contribution >= 0.6 is 0 Å². The van der Waals surface area contributed by atoms with Crippen LogP contribution in [0.3, 0.4) is 0 Å². The second kappa shape index (κ2) is 4.87. The molecule has 2 rings (SSSR count). The first-order valence-corrected chi connectivity index (χ1v) is 5.51. The third kappa shape index (κ3) is 2.65. The van der Waals surface area contributed by atoms with Crippen LogP contribution in [0.15, 0.2) is 30.5 Å². The molecule has 1 aromatic heterocycles. The zero-order valence-electron chi connectivity index (χ0n) is 10.6. The topological polar surface area (TPSA) is 63.1 Å². The number of hydrogen-bond acceptors (Lipinski definition) is 4. The molecular formula is C12H15N5O. The van der Waals surface area contributed by atoms with Gasteiger partial charge in [-0.25, -0.2) is 0 Å². The molecule has 0 aliphatic heterocycles. The first-order valence-electron chi connectivity index (χ1n) is 5.51. The quantitative estimate of drug-likeness (QED) is 0.880. The van der Waals surface area contributed by atoms with Crippen LogP contribution in [0.1, 0.15) is 10.5 Å². The molecule has 0 bridgehead atoms. The second-order valence-corrected chi connectivity index (χ2v) is 4.17.